The molecule has 0 bridgehead atoms. The Morgan fingerprint density at radius 3 is 2.33 bits per heavy atom. The van der Waals surface area contributed by atoms with Crippen LogP contribution in [0.1, 0.15) is 0 Å². The van der Waals surface area contributed by atoms with Gasteiger partial charge in [0.2, 0.25) is 0 Å². The zero-order valence-electron chi connectivity index (χ0n) is 6.25. The molecule has 1 aromatic carbocycles. The first-order chi connectivity index (χ1) is 5.13. The van der Waals surface area contributed by atoms with Crippen LogP contribution in [0.3, 0.4) is 0 Å². The Morgan fingerprint density at radius 2 is 1.92 bits per heavy atom. The summed E-state index contributed by atoms with van der Waals surface area (Å²) >= 11 is 9.12. The third kappa shape index (κ3) is 3.00. The van der Waals surface area contributed by atoms with E-state index in [0.29, 0.717) is 0 Å². The maximum Gasteiger partial charge on any atom is 0.188 e. The second-order valence-corrected chi connectivity index (χ2v) is 3.52. The molecule has 1 unspecified atom stereocenters. The monoisotopic (exact) mass is 233 g/mol. The van der Waals surface area contributed by atoms with Crippen molar-refractivity contribution in [3.63, 3.8) is 0 Å². The van der Waals surface area contributed by atoms with Crippen LogP contribution >= 0.6 is 23.2 Å². The van der Waals surface area contributed by atoms with Crippen molar-refractivity contribution in [2.45, 2.75) is 4.90 Å². The third-order valence-electron chi connectivity index (χ3n) is 1.10. The van der Waals surface area contributed by atoms with E-state index in [4.69, 9.17) is 27.8 Å². The van der Waals surface area contributed by atoms with Gasteiger partial charge in [0.05, 0.1) is 14.9 Å². The van der Waals surface area contributed by atoms with Gasteiger partial charge in [-0.1, -0.05) is 29.3 Å². The summed E-state index contributed by atoms with van der Waals surface area (Å²) in [7, 11) is 0. The van der Waals surface area contributed by atoms with Crippen molar-refractivity contribution in [3.05, 3.63) is 28.2 Å². The molecular formula is C6H4Cl2NaO2S. The Morgan fingerprint density at radius 1 is 1.33 bits per heavy atom. The molecule has 0 saturated carbocycles. The number of benzene rings is 1. The second-order valence-electron chi connectivity index (χ2n) is 1.80. The van der Waals surface area contributed by atoms with Crippen molar-refractivity contribution >= 4 is 63.8 Å². The van der Waals surface area contributed by atoms with Crippen molar-refractivity contribution in [2.75, 3.05) is 0 Å². The maximum atomic E-state index is 10.5. The van der Waals surface area contributed by atoms with E-state index in [1.54, 1.807) is 12.1 Å². The summed E-state index contributed by atoms with van der Waals surface area (Å²) in [4.78, 5) is 0.138. The van der Waals surface area contributed by atoms with Crippen molar-refractivity contribution in [3.8, 4) is 0 Å². The zero-order chi connectivity index (χ0) is 8.43. The van der Waals surface area contributed by atoms with E-state index in [1.807, 2.05) is 0 Å². The zero-order valence-corrected chi connectivity index (χ0v) is 10.6. The van der Waals surface area contributed by atoms with Gasteiger partial charge in [0.25, 0.3) is 0 Å². The van der Waals surface area contributed by atoms with Crippen molar-refractivity contribution < 1.29 is 8.76 Å². The van der Waals surface area contributed by atoms with E-state index < -0.39 is 11.1 Å². The molecule has 1 radical (unpaired) electrons. The van der Waals surface area contributed by atoms with Gasteiger partial charge < -0.3 is 4.55 Å². The first kappa shape index (κ1) is 12.9. The molecule has 0 aliphatic carbocycles. The van der Waals surface area contributed by atoms with Gasteiger partial charge >= 0.3 is 0 Å². The minimum Gasteiger partial charge on any atom is -0.302 e. The molecule has 1 rings (SSSR count). The Balaban J connectivity index is 0.00000121. The molecule has 0 amide bonds. The van der Waals surface area contributed by atoms with Crippen molar-refractivity contribution in [2.24, 2.45) is 0 Å². The third-order valence-corrected chi connectivity index (χ3v) is 2.75. The maximum absolute atomic E-state index is 10.5. The van der Waals surface area contributed by atoms with E-state index in [9.17, 15) is 4.21 Å². The topological polar surface area (TPSA) is 37.3 Å². The van der Waals surface area contributed by atoms with Gasteiger partial charge in [-0.25, -0.2) is 4.21 Å². The number of rotatable bonds is 1. The normalized spacial score (nSPS) is 11.9. The van der Waals surface area contributed by atoms with E-state index in [0.717, 1.165) is 0 Å². The van der Waals surface area contributed by atoms with E-state index in [1.165, 1.54) is 6.07 Å². The van der Waals surface area contributed by atoms with Crippen LogP contribution in [0.4, 0.5) is 0 Å². The summed E-state index contributed by atoms with van der Waals surface area (Å²) in [5.41, 5.74) is 0. The summed E-state index contributed by atoms with van der Waals surface area (Å²) in [6.07, 6.45) is 0. The molecule has 1 atom stereocenters. The molecular weight excluding hydrogens is 230 g/mol. The quantitative estimate of drug-likeness (QED) is 0.597. The van der Waals surface area contributed by atoms with Gasteiger partial charge in [-0.2, -0.15) is 0 Å². The first-order valence-corrected chi connectivity index (χ1v) is 4.54. The van der Waals surface area contributed by atoms with E-state index in [-0.39, 0.29) is 44.5 Å². The Labute approximate surface area is 105 Å². The molecule has 1 N–H and O–H groups in total. The predicted molar refractivity (Wildman–Crippen MR) is 51.3 cm³/mol. The molecule has 6 heteroatoms. The molecule has 1 aromatic rings. The smallest absolute Gasteiger partial charge is 0.188 e. The predicted octanol–water partition coefficient (Wildman–Crippen LogP) is 2.19. The summed E-state index contributed by atoms with van der Waals surface area (Å²) < 4.78 is 19.2. The van der Waals surface area contributed by atoms with Gasteiger partial charge in [0.15, 0.2) is 11.1 Å². The molecule has 0 spiro atoms. The van der Waals surface area contributed by atoms with Crippen LogP contribution in [0.25, 0.3) is 0 Å². The molecule has 2 nitrogen and oxygen atoms in total. The van der Waals surface area contributed by atoms with Gasteiger partial charge in [0.1, 0.15) is 0 Å². The minimum atomic E-state index is -2.07. The molecule has 0 aromatic heterocycles. The summed E-state index contributed by atoms with van der Waals surface area (Å²) in [5.74, 6) is 0. The van der Waals surface area contributed by atoms with Gasteiger partial charge in [0, 0.05) is 29.6 Å². The molecule has 0 fully saturated rings. The van der Waals surface area contributed by atoms with E-state index >= 15 is 0 Å². The molecule has 12 heavy (non-hydrogen) atoms. The molecule has 61 valence electrons. The van der Waals surface area contributed by atoms with Crippen molar-refractivity contribution in [1.82, 2.24) is 0 Å². The van der Waals surface area contributed by atoms with Crippen LogP contribution < -0.4 is 0 Å². The van der Waals surface area contributed by atoms with Crippen LogP contribution in [-0.2, 0) is 11.1 Å². The Bertz CT molecular complexity index is 306. The standard InChI is InChI=1S/C6H4Cl2O2S.Na/c7-4-2-1-3-5(6(4)8)11(9)10;/h1-3H,(H,9,10);. The fraction of sp³-hybridized carbons (Fsp3) is 0. The Hall–Kier alpha value is 0.910. The van der Waals surface area contributed by atoms with Crippen LogP contribution in [-0.4, -0.2) is 38.3 Å². The molecule has 0 aliphatic rings. The fourth-order valence-electron chi connectivity index (χ4n) is 0.619. The molecule has 0 aliphatic heterocycles. The average Bonchev–Trinajstić information content (AvgIpc) is 1.94. The second kappa shape index (κ2) is 5.60. The van der Waals surface area contributed by atoms with Crippen LogP contribution in [0.5, 0.6) is 0 Å². The average molecular weight is 234 g/mol. The summed E-state index contributed by atoms with van der Waals surface area (Å²) in [6.45, 7) is 0. The van der Waals surface area contributed by atoms with E-state index in [2.05, 4.69) is 0 Å². The van der Waals surface area contributed by atoms with Gasteiger partial charge in [-0.15, -0.1) is 0 Å². The SMILES string of the molecule is O=S(O)c1cccc(Cl)c1Cl.[Na]. The number of hydrogen-bond acceptors (Lipinski definition) is 1. The molecule has 0 heterocycles. The number of halogens is 2. The van der Waals surface area contributed by atoms with Gasteiger partial charge in [-0.05, 0) is 12.1 Å². The first-order valence-electron chi connectivity index (χ1n) is 2.68. The molecule has 0 saturated heterocycles. The Kier molecular flexibility index (Phi) is 6.03. The largest absolute Gasteiger partial charge is 0.302 e. The van der Waals surface area contributed by atoms with Crippen molar-refractivity contribution in [1.29, 1.82) is 0 Å². The van der Waals surface area contributed by atoms with Crippen LogP contribution in [0, 0.1) is 0 Å². The van der Waals surface area contributed by atoms with Crippen LogP contribution in [0.2, 0.25) is 10.0 Å². The van der Waals surface area contributed by atoms with Crippen LogP contribution in [0.15, 0.2) is 23.1 Å². The minimum absolute atomic E-state index is 0. The van der Waals surface area contributed by atoms with Gasteiger partial charge in [-0.3, -0.25) is 0 Å². The summed E-state index contributed by atoms with van der Waals surface area (Å²) in [6, 6.07) is 4.57. The summed E-state index contributed by atoms with van der Waals surface area (Å²) in [5, 5.41) is 0.418. The fourth-order valence-corrected chi connectivity index (χ4v) is 1.63. The number of hydrogen-bond donors (Lipinski definition) is 1.